The molecule has 0 unspecified atom stereocenters. The zero-order valence-corrected chi connectivity index (χ0v) is 13.1. The van der Waals surface area contributed by atoms with Gasteiger partial charge in [0.2, 0.25) is 0 Å². The first-order valence-corrected chi connectivity index (χ1v) is 8.09. The van der Waals surface area contributed by atoms with Crippen molar-refractivity contribution in [3.8, 4) is 16.9 Å². The van der Waals surface area contributed by atoms with Gasteiger partial charge in [0.05, 0.1) is 17.9 Å². The second-order valence-electron chi connectivity index (χ2n) is 5.11. The smallest absolute Gasteiger partial charge is 0.309 e. The number of fused-ring (bicyclic) bond motifs is 1. The molecule has 2 heterocycles. The Morgan fingerprint density at radius 1 is 1.32 bits per heavy atom. The van der Waals surface area contributed by atoms with Crippen LogP contribution >= 0.6 is 11.3 Å². The lowest BCUT2D eigenvalue weighted by molar-refractivity contribution is -0.136. The summed E-state index contributed by atoms with van der Waals surface area (Å²) in [5, 5.41) is 10.9. The number of aromatic nitrogens is 1. The zero-order chi connectivity index (χ0) is 15.5. The molecule has 3 aromatic rings. The van der Waals surface area contributed by atoms with Crippen molar-refractivity contribution < 1.29 is 14.6 Å². The molecule has 3 rings (SSSR count). The van der Waals surface area contributed by atoms with Crippen LogP contribution in [0.1, 0.15) is 19.0 Å². The van der Waals surface area contributed by atoms with Crippen molar-refractivity contribution in [2.75, 3.05) is 6.61 Å². The number of carboxylic acid groups (broad SMARTS) is 1. The Hall–Kier alpha value is -2.27. The molecular formula is C17H17NO3S. The highest BCUT2D eigenvalue weighted by Crippen LogP contribution is 2.29. The van der Waals surface area contributed by atoms with Gasteiger partial charge in [0, 0.05) is 22.8 Å². The highest BCUT2D eigenvalue weighted by Gasteiger charge is 2.10. The van der Waals surface area contributed by atoms with Crippen LogP contribution in [0.5, 0.6) is 5.75 Å². The molecule has 1 aromatic carbocycles. The lowest BCUT2D eigenvalue weighted by Gasteiger charge is -2.06. The topological polar surface area (TPSA) is 50.9 Å². The van der Waals surface area contributed by atoms with Gasteiger partial charge in [0.1, 0.15) is 5.75 Å². The predicted molar refractivity (Wildman–Crippen MR) is 87.8 cm³/mol. The standard InChI is InChI=1S/C17H17NO3S/c1-2-6-21-15-5-3-4-12(7-15)13-8-16-18(10-13)14(11-22-16)9-17(19)20/h3-5,7-8,10-11H,2,6,9H2,1H3,(H,19,20). The summed E-state index contributed by atoms with van der Waals surface area (Å²) in [6.07, 6.45) is 3.00. The SMILES string of the molecule is CCCOc1cccc(-c2cc3scc(CC(=O)O)n3c2)c1. The second kappa shape index (κ2) is 6.23. The first-order chi connectivity index (χ1) is 10.7. The van der Waals surface area contributed by atoms with Crippen LogP contribution in [0.3, 0.4) is 0 Å². The molecule has 0 aliphatic heterocycles. The van der Waals surface area contributed by atoms with Gasteiger partial charge in [0.25, 0.3) is 0 Å². The molecule has 0 aliphatic rings. The van der Waals surface area contributed by atoms with Crippen LogP contribution in [-0.4, -0.2) is 22.1 Å². The quantitative estimate of drug-likeness (QED) is 0.745. The molecule has 5 heteroatoms. The van der Waals surface area contributed by atoms with E-state index in [1.165, 1.54) is 0 Å². The van der Waals surface area contributed by atoms with Crippen LogP contribution in [0.15, 0.2) is 41.9 Å². The van der Waals surface area contributed by atoms with Crippen LogP contribution in [0.2, 0.25) is 0 Å². The van der Waals surface area contributed by atoms with Gasteiger partial charge in [-0.1, -0.05) is 19.1 Å². The maximum absolute atomic E-state index is 10.9. The van der Waals surface area contributed by atoms with Crippen LogP contribution in [0, 0.1) is 0 Å². The van der Waals surface area contributed by atoms with Gasteiger partial charge in [-0.25, -0.2) is 0 Å². The van der Waals surface area contributed by atoms with Gasteiger partial charge in [-0.05, 0) is 30.2 Å². The molecule has 0 bridgehead atoms. The van der Waals surface area contributed by atoms with Crippen molar-refractivity contribution in [1.29, 1.82) is 0 Å². The number of nitrogens with zero attached hydrogens (tertiary/aromatic N) is 1. The molecule has 0 saturated heterocycles. The largest absolute Gasteiger partial charge is 0.494 e. The fourth-order valence-electron chi connectivity index (χ4n) is 2.37. The summed E-state index contributed by atoms with van der Waals surface area (Å²) in [5.74, 6) is 0.0459. The van der Waals surface area contributed by atoms with Crippen molar-refractivity contribution in [3.05, 3.63) is 47.6 Å². The van der Waals surface area contributed by atoms with Crippen molar-refractivity contribution in [2.45, 2.75) is 19.8 Å². The summed E-state index contributed by atoms with van der Waals surface area (Å²) in [6.45, 7) is 2.78. The Bertz CT molecular complexity index is 803. The van der Waals surface area contributed by atoms with E-state index in [0.29, 0.717) is 6.61 Å². The number of hydrogen-bond acceptors (Lipinski definition) is 3. The number of benzene rings is 1. The van der Waals surface area contributed by atoms with E-state index in [4.69, 9.17) is 9.84 Å². The zero-order valence-electron chi connectivity index (χ0n) is 12.3. The maximum Gasteiger partial charge on any atom is 0.309 e. The average Bonchev–Trinajstić information content (AvgIpc) is 3.07. The number of aliphatic carboxylic acids is 1. The highest BCUT2D eigenvalue weighted by molar-refractivity contribution is 7.15. The number of hydrogen-bond donors (Lipinski definition) is 1. The van der Waals surface area contributed by atoms with E-state index >= 15 is 0 Å². The van der Waals surface area contributed by atoms with E-state index < -0.39 is 5.97 Å². The molecule has 0 saturated carbocycles. The van der Waals surface area contributed by atoms with Gasteiger partial charge in [-0.2, -0.15) is 0 Å². The normalized spacial score (nSPS) is 11.0. The Morgan fingerprint density at radius 2 is 2.18 bits per heavy atom. The molecule has 2 aromatic heterocycles. The Labute approximate surface area is 132 Å². The van der Waals surface area contributed by atoms with Crippen LogP contribution in [0.25, 0.3) is 16.0 Å². The summed E-state index contributed by atoms with van der Waals surface area (Å²) in [7, 11) is 0. The number of rotatable bonds is 6. The minimum absolute atomic E-state index is 0.0355. The molecule has 0 fully saturated rings. The first-order valence-electron chi connectivity index (χ1n) is 7.21. The van der Waals surface area contributed by atoms with Gasteiger partial charge < -0.3 is 14.2 Å². The fourth-order valence-corrected chi connectivity index (χ4v) is 3.30. The van der Waals surface area contributed by atoms with Crippen LogP contribution in [0.4, 0.5) is 0 Å². The minimum Gasteiger partial charge on any atom is -0.494 e. The number of carboxylic acids is 1. The van der Waals surface area contributed by atoms with Crippen molar-refractivity contribution >= 4 is 22.1 Å². The Morgan fingerprint density at radius 3 is 2.95 bits per heavy atom. The third kappa shape index (κ3) is 2.99. The summed E-state index contributed by atoms with van der Waals surface area (Å²) in [5.41, 5.74) is 2.95. The van der Waals surface area contributed by atoms with E-state index in [1.54, 1.807) is 11.3 Å². The molecule has 0 atom stereocenters. The molecule has 4 nitrogen and oxygen atoms in total. The molecule has 0 amide bonds. The Kier molecular flexibility index (Phi) is 4.15. The Balaban J connectivity index is 1.93. The molecule has 22 heavy (non-hydrogen) atoms. The average molecular weight is 315 g/mol. The minimum atomic E-state index is -0.815. The number of thiazole rings is 1. The summed E-state index contributed by atoms with van der Waals surface area (Å²) in [4.78, 5) is 12.0. The van der Waals surface area contributed by atoms with E-state index in [2.05, 4.69) is 13.0 Å². The summed E-state index contributed by atoms with van der Waals surface area (Å²) >= 11 is 1.56. The van der Waals surface area contributed by atoms with Gasteiger partial charge in [0.15, 0.2) is 0 Å². The number of ether oxygens (including phenoxy) is 1. The van der Waals surface area contributed by atoms with E-state index in [9.17, 15) is 4.79 Å². The van der Waals surface area contributed by atoms with Gasteiger partial charge in [-0.3, -0.25) is 4.79 Å². The van der Waals surface area contributed by atoms with Crippen molar-refractivity contribution in [2.24, 2.45) is 0 Å². The predicted octanol–water partition coefficient (Wildman–Crippen LogP) is 4.08. The van der Waals surface area contributed by atoms with Gasteiger partial charge in [-0.15, -0.1) is 11.3 Å². The van der Waals surface area contributed by atoms with E-state index in [-0.39, 0.29) is 6.42 Å². The highest BCUT2D eigenvalue weighted by atomic mass is 32.1. The van der Waals surface area contributed by atoms with Crippen molar-refractivity contribution in [3.63, 3.8) is 0 Å². The third-order valence-electron chi connectivity index (χ3n) is 3.38. The summed E-state index contributed by atoms with van der Waals surface area (Å²) < 4.78 is 7.62. The van der Waals surface area contributed by atoms with Crippen molar-refractivity contribution in [1.82, 2.24) is 4.40 Å². The van der Waals surface area contributed by atoms with Crippen LogP contribution < -0.4 is 4.74 Å². The molecule has 0 aliphatic carbocycles. The lowest BCUT2D eigenvalue weighted by Crippen LogP contribution is -2.02. The van der Waals surface area contributed by atoms with E-state index in [1.807, 2.05) is 40.2 Å². The molecule has 114 valence electrons. The fraction of sp³-hybridized carbons (Fsp3) is 0.235. The second-order valence-corrected chi connectivity index (χ2v) is 6.00. The molecule has 0 radical (unpaired) electrons. The molecular weight excluding hydrogens is 298 g/mol. The maximum atomic E-state index is 10.9. The third-order valence-corrected chi connectivity index (χ3v) is 4.33. The van der Waals surface area contributed by atoms with E-state index in [0.717, 1.165) is 33.8 Å². The first kappa shape index (κ1) is 14.7. The van der Waals surface area contributed by atoms with Crippen LogP contribution in [-0.2, 0) is 11.2 Å². The molecule has 0 spiro atoms. The monoisotopic (exact) mass is 315 g/mol. The molecule has 1 N–H and O–H groups in total. The van der Waals surface area contributed by atoms with Gasteiger partial charge >= 0.3 is 5.97 Å². The lowest BCUT2D eigenvalue weighted by atomic mass is 10.1. The summed E-state index contributed by atoms with van der Waals surface area (Å²) in [6, 6.07) is 10.1. The number of carbonyl (C=O) groups is 1.